The van der Waals surface area contributed by atoms with E-state index < -0.39 is 5.60 Å². The van der Waals surface area contributed by atoms with Gasteiger partial charge in [0.15, 0.2) is 0 Å². The Labute approximate surface area is 93.0 Å². The fraction of sp³-hybridized carbons (Fsp3) is 0.538. The molecule has 0 aliphatic rings. The Morgan fingerprint density at radius 1 is 1.07 bits per heavy atom. The van der Waals surface area contributed by atoms with Crippen LogP contribution in [0.3, 0.4) is 0 Å². The average molecular weight is 214 g/mol. The van der Waals surface area contributed by atoms with Crippen LogP contribution in [0, 0.1) is 0 Å². The van der Waals surface area contributed by atoms with Crippen molar-refractivity contribution < 1.29 is 9.50 Å². The molecule has 0 aliphatic heterocycles. The standard InChI is InChI=1S/C11H17FO.C2H6/c1-5-9(11(3,4)13)7-8-10(12)6-2;1-2/h5-8,13H,1-4H3;1-2H3/b8-7-,9-5-,10-6+;. The van der Waals surface area contributed by atoms with E-state index in [1.165, 1.54) is 12.2 Å². The van der Waals surface area contributed by atoms with E-state index in [9.17, 15) is 9.50 Å². The van der Waals surface area contributed by atoms with Crippen LogP contribution in [0.15, 0.2) is 35.7 Å². The summed E-state index contributed by atoms with van der Waals surface area (Å²) in [4.78, 5) is 0. The summed E-state index contributed by atoms with van der Waals surface area (Å²) in [6.07, 6.45) is 6.05. The monoisotopic (exact) mass is 214 g/mol. The number of hydrogen-bond donors (Lipinski definition) is 1. The summed E-state index contributed by atoms with van der Waals surface area (Å²) in [6.45, 7) is 10.8. The molecular weight excluding hydrogens is 191 g/mol. The highest BCUT2D eigenvalue weighted by Crippen LogP contribution is 2.17. The van der Waals surface area contributed by atoms with Gasteiger partial charge in [-0.15, -0.1) is 0 Å². The predicted molar refractivity (Wildman–Crippen MR) is 65.4 cm³/mol. The first-order valence-corrected chi connectivity index (χ1v) is 5.31. The molecule has 15 heavy (non-hydrogen) atoms. The Morgan fingerprint density at radius 2 is 1.53 bits per heavy atom. The van der Waals surface area contributed by atoms with E-state index in [1.54, 1.807) is 32.9 Å². The van der Waals surface area contributed by atoms with Gasteiger partial charge >= 0.3 is 0 Å². The van der Waals surface area contributed by atoms with Gasteiger partial charge in [0.1, 0.15) is 5.83 Å². The second kappa shape index (κ2) is 8.42. The van der Waals surface area contributed by atoms with Crippen molar-refractivity contribution in [3.8, 4) is 0 Å². The molecule has 0 aromatic carbocycles. The van der Waals surface area contributed by atoms with Gasteiger partial charge in [-0.3, -0.25) is 0 Å². The molecular formula is C13H23FO. The van der Waals surface area contributed by atoms with Crippen LogP contribution in [-0.4, -0.2) is 10.7 Å². The first kappa shape index (κ1) is 16.5. The molecule has 0 radical (unpaired) electrons. The number of aliphatic hydroxyl groups is 1. The molecule has 1 N–H and O–H groups in total. The summed E-state index contributed by atoms with van der Waals surface area (Å²) in [5.74, 6) is -0.302. The summed E-state index contributed by atoms with van der Waals surface area (Å²) < 4.78 is 12.7. The van der Waals surface area contributed by atoms with E-state index in [4.69, 9.17) is 0 Å². The second-order valence-electron chi connectivity index (χ2n) is 3.31. The number of allylic oxidation sites excluding steroid dienone is 4. The minimum atomic E-state index is -0.917. The predicted octanol–water partition coefficient (Wildman–Crippen LogP) is 4.16. The maximum absolute atomic E-state index is 12.7. The number of halogens is 1. The third-order valence-electron chi connectivity index (χ3n) is 1.72. The summed E-state index contributed by atoms with van der Waals surface area (Å²) >= 11 is 0. The zero-order valence-electron chi connectivity index (χ0n) is 10.6. The Morgan fingerprint density at radius 3 is 1.80 bits per heavy atom. The molecule has 88 valence electrons. The van der Waals surface area contributed by atoms with Crippen molar-refractivity contribution in [3.63, 3.8) is 0 Å². The van der Waals surface area contributed by atoms with Crippen molar-refractivity contribution in [2.75, 3.05) is 0 Å². The maximum atomic E-state index is 12.7. The van der Waals surface area contributed by atoms with Crippen molar-refractivity contribution in [3.05, 3.63) is 35.7 Å². The van der Waals surface area contributed by atoms with E-state index in [2.05, 4.69) is 0 Å². The quantitative estimate of drug-likeness (QED) is 0.699. The molecule has 0 bridgehead atoms. The summed E-state index contributed by atoms with van der Waals surface area (Å²) in [6, 6.07) is 0. The Hall–Kier alpha value is -0.890. The van der Waals surface area contributed by atoms with Gasteiger partial charge in [0, 0.05) is 0 Å². The van der Waals surface area contributed by atoms with E-state index in [1.807, 2.05) is 20.8 Å². The van der Waals surface area contributed by atoms with Gasteiger partial charge in [-0.2, -0.15) is 0 Å². The lowest BCUT2D eigenvalue weighted by Crippen LogP contribution is -2.20. The molecule has 0 unspecified atom stereocenters. The molecule has 0 fully saturated rings. The third-order valence-corrected chi connectivity index (χ3v) is 1.72. The summed E-state index contributed by atoms with van der Waals surface area (Å²) in [5, 5.41) is 9.60. The minimum absolute atomic E-state index is 0.302. The van der Waals surface area contributed by atoms with E-state index in [0.717, 1.165) is 0 Å². The average Bonchev–Trinajstić information content (AvgIpc) is 2.19. The minimum Gasteiger partial charge on any atom is -0.386 e. The van der Waals surface area contributed by atoms with Crippen LogP contribution in [0.25, 0.3) is 0 Å². The normalized spacial score (nSPS) is 13.9. The smallest absolute Gasteiger partial charge is 0.118 e. The molecule has 0 saturated heterocycles. The third kappa shape index (κ3) is 8.13. The fourth-order valence-electron chi connectivity index (χ4n) is 0.919. The van der Waals surface area contributed by atoms with Crippen molar-refractivity contribution in [2.45, 2.75) is 47.1 Å². The van der Waals surface area contributed by atoms with Crippen LogP contribution < -0.4 is 0 Å². The molecule has 0 saturated carbocycles. The molecule has 0 aliphatic carbocycles. The van der Waals surface area contributed by atoms with Gasteiger partial charge in [-0.05, 0) is 39.3 Å². The van der Waals surface area contributed by atoms with Gasteiger partial charge in [0.25, 0.3) is 0 Å². The van der Waals surface area contributed by atoms with Gasteiger partial charge in [-0.25, -0.2) is 4.39 Å². The highest BCUT2D eigenvalue weighted by atomic mass is 19.1. The van der Waals surface area contributed by atoms with E-state index in [0.29, 0.717) is 5.57 Å². The van der Waals surface area contributed by atoms with Crippen molar-refractivity contribution in [2.24, 2.45) is 0 Å². The molecule has 0 rings (SSSR count). The number of hydrogen-bond acceptors (Lipinski definition) is 1. The summed E-state index contributed by atoms with van der Waals surface area (Å²) in [5.41, 5.74) is -0.219. The topological polar surface area (TPSA) is 20.2 Å². The van der Waals surface area contributed by atoms with Crippen LogP contribution in [0.4, 0.5) is 4.39 Å². The van der Waals surface area contributed by atoms with Crippen LogP contribution in [0.1, 0.15) is 41.5 Å². The van der Waals surface area contributed by atoms with Crippen LogP contribution >= 0.6 is 0 Å². The van der Waals surface area contributed by atoms with Gasteiger partial charge in [-0.1, -0.05) is 32.1 Å². The maximum Gasteiger partial charge on any atom is 0.118 e. The molecule has 0 aromatic rings. The first-order valence-electron chi connectivity index (χ1n) is 5.31. The lowest BCUT2D eigenvalue weighted by Gasteiger charge is -2.18. The van der Waals surface area contributed by atoms with Gasteiger partial charge < -0.3 is 5.11 Å². The van der Waals surface area contributed by atoms with E-state index in [-0.39, 0.29) is 5.83 Å². The van der Waals surface area contributed by atoms with Crippen molar-refractivity contribution in [1.29, 1.82) is 0 Å². The molecule has 2 heteroatoms. The lowest BCUT2D eigenvalue weighted by molar-refractivity contribution is 0.123. The second-order valence-corrected chi connectivity index (χ2v) is 3.31. The Balaban J connectivity index is 0. The van der Waals surface area contributed by atoms with Crippen molar-refractivity contribution in [1.82, 2.24) is 0 Å². The summed E-state index contributed by atoms with van der Waals surface area (Å²) in [7, 11) is 0. The zero-order valence-corrected chi connectivity index (χ0v) is 10.6. The molecule has 1 nitrogen and oxygen atoms in total. The lowest BCUT2D eigenvalue weighted by atomic mass is 9.97. The molecule has 0 aromatic heterocycles. The van der Waals surface area contributed by atoms with Crippen LogP contribution in [-0.2, 0) is 0 Å². The Kier molecular flexibility index (Phi) is 9.28. The highest BCUT2D eigenvalue weighted by molar-refractivity contribution is 5.30. The molecule has 0 heterocycles. The van der Waals surface area contributed by atoms with E-state index >= 15 is 0 Å². The van der Waals surface area contributed by atoms with Gasteiger partial charge in [0.2, 0.25) is 0 Å². The molecule has 0 spiro atoms. The fourth-order valence-corrected chi connectivity index (χ4v) is 0.919. The molecule has 0 amide bonds. The number of rotatable bonds is 3. The largest absolute Gasteiger partial charge is 0.386 e. The van der Waals surface area contributed by atoms with Crippen LogP contribution in [0.2, 0.25) is 0 Å². The highest BCUT2D eigenvalue weighted by Gasteiger charge is 2.15. The SMILES string of the molecule is C/C=C(/C=C\C(F)=C/C)C(C)(C)O.CC. The van der Waals surface area contributed by atoms with Crippen molar-refractivity contribution >= 4 is 0 Å². The first-order chi connectivity index (χ1) is 6.91. The zero-order chi connectivity index (χ0) is 12.5. The Bertz CT molecular complexity index is 242. The van der Waals surface area contributed by atoms with Crippen LogP contribution in [0.5, 0.6) is 0 Å². The van der Waals surface area contributed by atoms with Gasteiger partial charge in [0.05, 0.1) is 5.60 Å². The molecule has 0 atom stereocenters.